The van der Waals surface area contributed by atoms with Crippen LogP contribution < -0.4 is 4.74 Å². The van der Waals surface area contributed by atoms with Crippen molar-refractivity contribution in [1.82, 2.24) is 9.80 Å². The first-order valence-electron chi connectivity index (χ1n) is 8.95. The van der Waals surface area contributed by atoms with E-state index in [1.165, 1.54) is 5.56 Å². The highest BCUT2D eigenvalue weighted by molar-refractivity contribution is 5.26. The van der Waals surface area contributed by atoms with Gasteiger partial charge < -0.3 is 14.6 Å². The lowest BCUT2D eigenvalue weighted by atomic mass is 10.1. The zero-order chi connectivity index (χ0) is 17.4. The summed E-state index contributed by atoms with van der Waals surface area (Å²) in [7, 11) is 1.75. The highest BCUT2D eigenvalue weighted by Crippen LogP contribution is 2.14. The van der Waals surface area contributed by atoms with Crippen LogP contribution in [-0.2, 0) is 4.74 Å². The maximum absolute atomic E-state index is 10.3. The molecule has 0 saturated carbocycles. The minimum Gasteiger partial charge on any atom is -0.491 e. The highest BCUT2D eigenvalue weighted by atomic mass is 16.5. The number of hydrogen-bond acceptors (Lipinski definition) is 5. The van der Waals surface area contributed by atoms with Gasteiger partial charge in [0.25, 0.3) is 0 Å². The molecule has 0 aliphatic carbocycles. The summed E-state index contributed by atoms with van der Waals surface area (Å²) in [5.74, 6) is 0.815. The van der Waals surface area contributed by atoms with Gasteiger partial charge in [0.2, 0.25) is 0 Å². The molecule has 0 spiro atoms. The second kappa shape index (κ2) is 9.99. The lowest BCUT2D eigenvalue weighted by Crippen LogP contribution is -2.55. The molecular formula is C19H32N2O3. The Bertz CT molecular complexity index is 466. The van der Waals surface area contributed by atoms with Gasteiger partial charge in [-0.1, -0.05) is 24.6 Å². The molecule has 1 aromatic carbocycles. The van der Waals surface area contributed by atoms with E-state index in [4.69, 9.17) is 9.47 Å². The molecule has 2 unspecified atom stereocenters. The Morgan fingerprint density at radius 3 is 2.67 bits per heavy atom. The van der Waals surface area contributed by atoms with Gasteiger partial charge in [0.15, 0.2) is 0 Å². The van der Waals surface area contributed by atoms with Crippen molar-refractivity contribution in [2.75, 3.05) is 53.0 Å². The van der Waals surface area contributed by atoms with Gasteiger partial charge in [-0.3, -0.25) is 9.80 Å². The second-order valence-corrected chi connectivity index (χ2v) is 6.63. The van der Waals surface area contributed by atoms with Crippen molar-refractivity contribution in [2.45, 2.75) is 32.4 Å². The Balaban J connectivity index is 1.73. The molecule has 0 amide bonds. The second-order valence-electron chi connectivity index (χ2n) is 6.63. The van der Waals surface area contributed by atoms with Crippen LogP contribution in [0.1, 0.15) is 18.9 Å². The smallest absolute Gasteiger partial charge is 0.119 e. The van der Waals surface area contributed by atoms with Crippen LogP contribution in [0.15, 0.2) is 24.3 Å². The summed E-state index contributed by atoms with van der Waals surface area (Å²) in [6, 6.07) is 8.48. The quantitative estimate of drug-likeness (QED) is 0.745. The predicted octanol–water partition coefficient (Wildman–Crippen LogP) is 1.78. The van der Waals surface area contributed by atoms with E-state index in [2.05, 4.69) is 23.6 Å². The molecule has 136 valence electrons. The zero-order valence-electron chi connectivity index (χ0n) is 15.3. The fourth-order valence-corrected chi connectivity index (χ4v) is 3.19. The van der Waals surface area contributed by atoms with Gasteiger partial charge >= 0.3 is 0 Å². The number of β-amino-alcohol motifs (C(OH)–C–C–N with tert-alkyl or cyclic N) is 1. The van der Waals surface area contributed by atoms with Crippen molar-refractivity contribution in [2.24, 2.45) is 0 Å². The van der Waals surface area contributed by atoms with Crippen LogP contribution in [0.3, 0.4) is 0 Å². The maximum Gasteiger partial charge on any atom is 0.119 e. The molecule has 1 N–H and O–H groups in total. The minimum atomic E-state index is -0.464. The van der Waals surface area contributed by atoms with Crippen LogP contribution >= 0.6 is 0 Å². The Morgan fingerprint density at radius 2 is 2.00 bits per heavy atom. The van der Waals surface area contributed by atoms with E-state index in [-0.39, 0.29) is 0 Å². The number of hydrogen-bond donors (Lipinski definition) is 1. The fourth-order valence-electron chi connectivity index (χ4n) is 3.19. The van der Waals surface area contributed by atoms with Crippen LogP contribution in [0.5, 0.6) is 5.75 Å². The van der Waals surface area contributed by atoms with Crippen molar-refractivity contribution in [1.29, 1.82) is 0 Å². The zero-order valence-corrected chi connectivity index (χ0v) is 15.3. The Labute approximate surface area is 146 Å². The summed E-state index contributed by atoms with van der Waals surface area (Å²) in [6.07, 6.45) is 0.658. The molecule has 0 bridgehead atoms. The van der Waals surface area contributed by atoms with Crippen molar-refractivity contribution >= 4 is 0 Å². The monoisotopic (exact) mass is 336 g/mol. The molecule has 0 aromatic heterocycles. The van der Waals surface area contributed by atoms with Gasteiger partial charge in [0.1, 0.15) is 18.5 Å². The largest absolute Gasteiger partial charge is 0.491 e. The number of nitrogens with zero attached hydrogens (tertiary/aromatic N) is 2. The maximum atomic E-state index is 10.3. The molecule has 1 aromatic rings. The van der Waals surface area contributed by atoms with Gasteiger partial charge in [-0.2, -0.15) is 0 Å². The van der Waals surface area contributed by atoms with E-state index in [0.29, 0.717) is 19.2 Å². The summed E-state index contributed by atoms with van der Waals surface area (Å²) in [5.41, 5.74) is 1.21. The molecule has 24 heavy (non-hydrogen) atoms. The van der Waals surface area contributed by atoms with Gasteiger partial charge in [0.05, 0.1) is 6.61 Å². The molecule has 1 aliphatic rings. The van der Waals surface area contributed by atoms with Gasteiger partial charge in [-0.05, 0) is 25.5 Å². The van der Waals surface area contributed by atoms with Crippen LogP contribution in [-0.4, -0.2) is 80.1 Å². The number of piperazine rings is 1. The summed E-state index contributed by atoms with van der Waals surface area (Å²) >= 11 is 0. The van der Waals surface area contributed by atoms with Gasteiger partial charge in [-0.25, -0.2) is 0 Å². The van der Waals surface area contributed by atoms with E-state index in [1.807, 2.05) is 24.3 Å². The van der Waals surface area contributed by atoms with E-state index in [9.17, 15) is 5.11 Å². The van der Waals surface area contributed by atoms with E-state index >= 15 is 0 Å². The fraction of sp³-hybridized carbons (Fsp3) is 0.684. The first-order valence-corrected chi connectivity index (χ1v) is 8.95. The molecule has 5 heteroatoms. The minimum absolute atomic E-state index is 0.337. The van der Waals surface area contributed by atoms with Crippen molar-refractivity contribution in [3.8, 4) is 5.75 Å². The summed E-state index contributed by atoms with van der Waals surface area (Å²) in [6.45, 7) is 10.1. The van der Waals surface area contributed by atoms with Crippen LogP contribution in [0.25, 0.3) is 0 Å². The van der Waals surface area contributed by atoms with Gasteiger partial charge in [0, 0.05) is 45.9 Å². The average Bonchev–Trinajstić information content (AvgIpc) is 2.60. The number of ether oxygens (including phenoxy) is 2. The van der Waals surface area contributed by atoms with Crippen molar-refractivity contribution < 1.29 is 14.6 Å². The first kappa shape index (κ1) is 19.2. The van der Waals surface area contributed by atoms with Crippen molar-refractivity contribution in [3.05, 3.63) is 29.8 Å². The lowest BCUT2D eigenvalue weighted by molar-refractivity contribution is 0.0148. The van der Waals surface area contributed by atoms with E-state index in [0.717, 1.165) is 45.0 Å². The molecular weight excluding hydrogens is 304 g/mol. The topological polar surface area (TPSA) is 45.2 Å². The van der Waals surface area contributed by atoms with Gasteiger partial charge in [-0.15, -0.1) is 0 Å². The van der Waals surface area contributed by atoms with Crippen LogP contribution in [0.2, 0.25) is 0 Å². The van der Waals surface area contributed by atoms with Crippen LogP contribution in [0.4, 0.5) is 0 Å². The number of methoxy groups -OCH3 is 1. The SMILES string of the molecule is CCC1CN(CC(O)COc2ccc(C)cc2)CCN1CCOC. The summed E-state index contributed by atoms with van der Waals surface area (Å²) in [5, 5.41) is 10.3. The number of benzene rings is 1. The Morgan fingerprint density at radius 1 is 1.25 bits per heavy atom. The molecule has 0 radical (unpaired) electrons. The summed E-state index contributed by atoms with van der Waals surface area (Å²) in [4.78, 5) is 4.84. The third kappa shape index (κ3) is 6.06. The molecule has 1 aliphatic heterocycles. The third-order valence-electron chi connectivity index (χ3n) is 4.67. The first-order chi connectivity index (χ1) is 11.6. The third-order valence-corrected chi connectivity index (χ3v) is 4.67. The van der Waals surface area contributed by atoms with Crippen molar-refractivity contribution in [3.63, 3.8) is 0 Å². The highest BCUT2D eigenvalue weighted by Gasteiger charge is 2.26. The number of aliphatic hydroxyl groups is 1. The normalized spacial score (nSPS) is 20.9. The molecule has 1 heterocycles. The number of aliphatic hydroxyl groups excluding tert-OH is 1. The van der Waals surface area contributed by atoms with E-state index < -0.39 is 6.10 Å². The summed E-state index contributed by atoms with van der Waals surface area (Å²) < 4.78 is 10.9. The molecule has 5 nitrogen and oxygen atoms in total. The standard InChI is InChI=1S/C19H32N2O3/c1-4-17-13-20(9-10-21(17)11-12-23-3)14-18(22)15-24-19-7-5-16(2)6-8-19/h5-8,17-18,22H,4,9-15H2,1-3H3. The molecule has 2 rings (SSSR count). The Hall–Kier alpha value is -1.14. The Kier molecular flexibility index (Phi) is 7.99. The molecule has 2 atom stereocenters. The average molecular weight is 336 g/mol. The lowest BCUT2D eigenvalue weighted by Gasteiger charge is -2.41. The predicted molar refractivity (Wildman–Crippen MR) is 96.6 cm³/mol. The van der Waals surface area contributed by atoms with E-state index in [1.54, 1.807) is 7.11 Å². The molecule has 1 saturated heterocycles. The molecule has 1 fully saturated rings. The number of rotatable bonds is 9. The number of aryl methyl sites for hydroxylation is 1. The van der Waals surface area contributed by atoms with Crippen LogP contribution in [0, 0.1) is 6.92 Å².